The summed E-state index contributed by atoms with van der Waals surface area (Å²) in [5.41, 5.74) is 8.03. The van der Waals surface area contributed by atoms with Crippen LogP contribution in [0.1, 0.15) is 0 Å². The number of hydrogen-bond acceptors (Lipinski definition) is 2. The van der Waals surface area contributed by atoms with E-state index in [1.54, 1.807) is 36.4 Å². The van der Waals surface area contributed by atoms with Crippen LogP contribution in [0, 0.1) is 5.82 Å². The summed E-state index contributed by atoms with van der Waals surface area (Å²) >= 11 is 6.04. The van der Waals surface area contributed by atoms with Crippen molar-refractivity contribution in [3.63, 3.8) is 0 Å². The third kappa shape index (κ3) is 3.05. The van der Waals surface area contributed by atoms with E-state index < -0.39 is 5.82 Å². The molecule has 3 aromatic rings. The second-order valence-electron chi connectivity index (χ2n) is 4.80. The second-order valence-corrected chi connectivity index (χ2v) is 5.23. The molecule has 0 aliphatic carbocycles. The van der Waals surface area contributed by atoms with E-state index in [0.29, 0.717) is 16.5 Å². The summed E-state index contributed by atoms with van der Waals surface area (Å²) in [7, 11) is 0. The Balaban J connectivity index is 2.07. The number of hydrogen-bond donors (Lipinski definition) is 1. The number of ether oxygens (including phenoxy) is 1. The summed E-state index contributed by atoms with van der Waals surface area (Å²) < 4.78 is 19.5. The molecule has 4 heteroatoms. The van der Waals surface area contributed by atoms with Crippen LogP contribution in [0.25, 0.3) is 11.1 Å². The summed E-state index contributed by atoms with van der Waals surface area (Å²) in [4.78, 5) is 0. The Morgan fingerprint density at radius 3 is 2.45 bits per heavy atom. The number of rotatable bonds is 3. The highest BCUT2D eigenvalue weighted by molar-refractivity contribution is 6.30. The topological polar surface area (TPSA) is 35.2 Å². The zero-order valence-corrected chi connectivity index (χ0v) is 12.3. The highest BCUT2D eigenvalue weighted by Gasteiger charge is 2.11. The quantitative estimate of drug-likeness (QED) is 0.646. The molecule has 0 fully saturated rings. The molecule has 0 bridgehead atoms. The summed E-state index contributed by atoms with van der Waals surface area (Å²) in [5, 5.41) is 0.617. The molecule has 0 spiro atoms. The highest BCUT2D eigenvalue weighted by Crippen LogP contribution is 2.36. The molecule has 0 unspecified atom stereocenters. The van der Waals surface area contributed by atoms with E-state index in [0.717, 1.165) is 11.1 Å². The number of halogens is 2. The van der Waals surface area contributed by atoms with Crippen LogP contribution in [0.15, 0.2) is 66.7 Å². The molecule has 22 heavy (non-hydrogen) atoms. The molecule has 3 rings (SSSR count). The van der Waals surface area contributed by atoms with E-state index in [9.17, 15) is 4.39 Å². The van der Waals surface area contributed by atoms with E-state index in [-0.39, 0.29) is 5.75 Å². The molecular weight excluding hydrogens is 301 g/mol. The molecular formula is C18H13ClFNO. The average molecular weight is 314 g/mol. The van der Waals surface area contributed by atoms with Gasteiger partial charge in [-0.05, 0) is 42.0 Å². The van der Waals surface area contributed by atoms with Gasteiger partial charge >= 0.3 is 0 Å². The molecule has 3 aromatic carbocycles. The lowest BCUT2D eigenvalue weighted by atomic mass is 10.0. The highest BCUT2D eigenvalue weighted by atomic mass is 35.5. The van der Waals surface area contributed by atoms with Crippen molar-refractivity contribution in [3.05, 3.63) is 77.6 Å². The first-order valence-electron chi connectivity index (χ1n) is 6.71. The van der Waals surface area contributed by atoms with Crippen molar-refractivity contribution in [2.45, 2.75) is 0 Å². The van der Waals surface area contributed by atoms with E-state index in [4.69, 9.17) is 22.1 Å². The zero-order valence-electron chi connectivity index (χ0n) is 11.6. The van der Waals surface area contributed by atoms with Crippen molar-refractivity contribution in [2.75, 3.05) is 5.73 Å². The summed E-state index contributed by atoms with van der Waals surface area (Å²) in [5.74, 6) is 0.200. The fraction of sp³-hybridized carbons (Fsp3) is 0. The van der Waals surface area contributed by atoms with Gasteiger partial charge in [-0.2, -0.15) is 0 Å². The Labute approximate surface area is 132 Å². The van der Waals surface area contributed by atoms with Crippen LogP contribution in [-0.4, -0.2) is 0 Å². The predicted octanol–water partition coefficient (Wildman–Crippen LogP) is 5.52. The summed E-state index contributed by atoms with van der Waals surface area (Å²) in [6.45, 7) is 0. The van der Waals surface area contributed by atoms with Gasteiger partial charge in [-0.1, -0.05) is 35.9 Å². The van der Waals surface area contributed by atoms with Crippen molar-refractivity contribution < 1.29 is 9.13 Å². The maximum atomic E-state index is 13.8. The normalized spacial score (nSPS) is 10.5. The predicted molar refractivity (Wildman–Crippen MR) is 87.8 cm³/mol. The third-order valence-corrected chi connectivity index (χ3v) is 3.43. The number of benzene rings is 3. The molecule has 2 nitrogen and oxygen atoms in total. The Hall–Kier alpha value is -2.52. The van der Waals surface area contributed by atoms with Crippen LogP contribution >= 0.6 is 11.6 Å². The minimum atomic E-state index is -0.429. The van der Waals surface area contributed by atoms with Gasteiger partial charge in [0, 0.05) is 22.3 Å². The molecule has 0 aliphatic rings. The van der Waals surface area contributed by atoms with Crippen LogP contribution in [-0.2, 0) is 0 Å². The SMILES string of the molecule is Nc1ccc(-c2cccc(Cl)c2)c(Oc2ccccc2F)c1. The maximum absolute atomic E-state index is 13.8. The molecule has 0 atom stereocenters. The fourth-order valence-corrected chi connectivity index (χ4v) is 2.35. The molecule has 110 valence electrons. The largest absolute Gasteiger partial charge is 0.454 e. The van der Waals surface area contributed by atoms with Gasteiger partial charge < -0.3 is 10.5 Å². The number of nitrogen functional groups attached to an aromatic ring is 1. The van der Waals surface area contributed by atoms with Gasteiger partial charge in [0.05, 0.1) is 0 Å². The number of nitrogens with two attached hydrogens (primary N) is 1. The molecule has 0 saturated heterocycles. The lowest BCUT2D eigenvalue weighted by Gasteiger charge is -2.13. The first-order valence-corrected chi connectivity index (χ1v) is 7.09. The summed E-state index contributed by atoms with van der Waals surface area (Å²) in [6, 6.07) is 18.9. The molecule has 0 heterocycles. The van der Waals surface area contributed by atoms with Gasteiger partial charge in [-0.15, -0.1) is 0 Å². The monoisotopic (exact) mass is 313 g/mol. The number of anilines is 1. The van der Waals surface area contributed by atoms with Gasteiger partial charge in [0.2, 0.25) is 0 Å². The first kappa shape index (κ1) is 14.4. The zero-order chi connectivity index (χ0) is 15.5. The number of para-hydroxylation sites is 1. The van der Waals surface area contributed by atoms with E-state index in [1.807, 2.05) is 24.3 Å². The van der Waals surface area contributed by atoms with Crippen LogP contribution in [0.2, 0.25) is 5.02 Å². The van der Waals surface area contributed by atoms with Gasteiger partial charge in [-0.3, -0.25) is 0 Å². The van der Waals surface area contributed by atoms with Crippen LogP contribution < -0.4 is 10.5 Å². The maximum Gasteiger partial charge on any atom is 0.165 e. The van der Waals surface area contributed by atoms with E-state index in [2.05, 4.69) is 0 Å². The molecule has 0 aromatic heterocycles. The standard InChI is InChI=1S/C18H13ClFNO/c19-13-5-3-4-12(10-13)15-9-8-14(21)11-18(15)22-17-7-2-1-6-16(17)20/h1-11H,21H2. The lowest BCUT2D eigenvalue weighted by Crippen LogP contribution is -1.93. The van der Waals surface area contributed by atoms with Crippen molar-refractivity contribution >= 4 is 17.3 Å². The first-order chi connectivity index (χ1) is 10.6. The van der Waals surface area contributed by atoms with Crippen molar-refractivity contribution in [1.82, 2.24) is 0 Å². The van der Waals surface area contributed by atoms with Gasteiger partial charge in [0.15, 0.2) is 11.6 Å². The smallest absolute Gasteiger partial charge is 0.165 e. The third-order valence-electron chi connectivity index (χ3n) is 3.20. The van der Waals surface area contributed by atoms with Crippen LogP contribution in [0.5, 0.6) is 11.5 Å². The van der Waals surface area contributed by atoms with Crippen molar-refractivity contribution in [1.29, 1.82) is 0 Å². The lowest BCUT2D eigenvalue weighted by molar-refractivity contribution is 0.444. The van der Waals surface area contributed by atoms with Crippen LogP contribution in [0.4, 0.5) is 10.1 Å². The van der Waals surface area contributed by atoms with Gasteiger partial charge in [0.1, 0.15) is 5.75 Å². The Bertz CT molecular complexity index is 820. The Kier molecular flexibility index (Phi) is 3.98. The minimum Gasteiger partial charge on any atom is -0.454 e. The average Bonchev–Trinajstić information content (AvgIpc) is 2.50. The second kappa shape index (κ2) is 6.08. The van der Waals surface area contributed by atoms with E-state index in [1.165, 1.54) is 6.07 Å². The molecule has 0 saturated carbocycles. The van der Waals surface area contributed by atoms with E-state index >= 15 is 0 Å². The Morgan fingerprint density at radius 1 is 0.864 bits per heavy atom. The van der Waals surface area contributed by atoms with Gasteiger partial charge in [0.25, 0.3) is 0 Å². The molecule has 0 radical (unpaired) electrons. The molecule has 2 N–H and O–H groups in total. The molecule has 0 amide bonds. The fourth-order valence-electron chi connectivity index (χ4n) is 2.16. The van der Waals surface area contributed by atoms with Crippen LogP contribution in [0.3, 0.4) is 0 Å². The van der Waals surface area contributed by atoms with Gasteiger partial charge in [-0.25, -0.2) is 4.39 Å². The Morgan fingerprint density at radius 2 is 1.68 bits per heavy atom. The minimum absolute atomic E-state index is 0.149. The summed E-state index contributed by atoms with van der Waals surface area (Å²) in [6.07, 6.45) is 0. The van der Waals surface area contributed by atoms with Crippen molar-refractivity contribution in [3.8, 4) is 22.6 Å². The van der Waals surface area contributed by atoms with Crippen molar-refractivity contribution in [2.24, 2.45) is 0 Å². The molecule has 0 aliphatic heterocycles.